The third kappa shape index (κ3) is 5.30. The van der Waals surface area contributed by atoms with E-state index in [2.05, 4.69) is 18.7 Å². The highest BCUT2D eigenvalue weighted by Crippen LogP contribution is 2.28. The molecule has 1 fully saturated rings. The Morgan fingerprint density at radius 1 is 1.43 bits per heavy atom. The molecule has 0 radical (unpaired) electrons. The molecule has 1 aromatic rings. The molecule has 0 amide bonds. The monoisotopic (exact) mass is 292 g/mol. The molecule has 4 nitrogen and oxygen atoms in total. The van der Waals surface area contributed by atoms with Crippen LogP contribution in [0.2, 0.25) is 0 Å². The number of likely N-dealkylation sites (tertiary alicyclic amines) is 1. The Labute approximate surface area is 127 Å². The molecule has 3 N–H and O–H groups in total. The normalized spacial score (nSPS) is 20.2. The zero-order valence-electron chi connectivity index (χ0n) is 13.2. The van der Waals surface area contributed by atoms with Crippen molar-refractivity contribution in [3.05, 3.63) is 29.8 Å². The molecule has 4 heteroatoms. The Hall–Kier alpha value is -1.10. The van der Waals surface area contributed by atoms with Crippen LogP contribution in [0.25, 0.3) is 0 Å². The molecule has 0 saturated carbocycles. The van der Waals surface area contributed by atoms with Gasteiger partial charge in [0.25, 0.3) is 0 Å². The molecule has 0 aromatic heterocycles. The largest absolute Gasteiger partial charge is 0.491 e. The predicted octanol–water partition coefficient (Wildman–Crippen LogP) is 2.01. The SMILES string of the molecule is CC1(C)CCCN(CC(O)COc2cccc(CN)c2)C1. The van der Waals surface area contributed by atoms with E-state index >= 15 is 0 Å². The van der Waals surface area contributed by atoms with Crippen molar-refractivity contribution in [1.29, 1.82) is 0 Å². The molecule has 1 saturated heterocycles. The summed E-state index contributed by atoms with van der Waals surface area (Å²) in [7, 11) is 0. The summed E-state index contributed by atoms with van der Waals surface area (Å²) in [6.07, 6.45) is 2.02. The molecule has 0 aliphatic carbocycles. The molecular weight excluding hydrogens is 264 g/mol. The highest BCUT2D eigenvalue weighted by molar-refractivity contribution is 5.28. The van der Waals surface area contributed by atoms with Crippen molar-refractivity contribution in [2.75, 3.05) is 26.2 Å². The van der Waals surface area contributed by atoms with E-state index in [-0.39, 0.29) is 0 Å². The third-order valence-corrected chi connectivity index (χ3v) is 4.03. The minimum Gasteiger partial charge on any atom is -0.491 e. The Bertz CT molecular complexity index is 448. The first-order valence-corrected chi connectivity index (χ1v) is 7.81. The number of β-amino-alcohol motifs (C(OH)–C–C–N with tert-alkyl or cyclic N) is 1. The van der Waals surface area contributed by atoms with Crippen molar-refractivity contribution in [3.8, 4) is 5.75 Å². The highest BCUT2D eigenvalue weighted by Gasteiger charge is 2.27. The molecule has 0 bridgehead atoms. The van der Waals surface area contributed by atoms with Gasteiger partial charge in [-0.15, -0.1) is 0 Å². The van der Waals surface area contributed by atoms with Gasteiger partial charge < -0.3 is 20.5 Å². The lowest BCUT2D eigenvalue weighted by atomic mass is 9.84. The van der Waals surface area contributed by atoms with Crippen LogP contribution in [0, 0.1) is 5.41 Å². The highest BCUT2D eigenvalue weighted by atomic mass is 16.5. The van der Waals surface area contributed by atoms with Crippen LogP contribution in [0.3, 0.4) is 0 Å². The smallest absolute Gasteiger partial charge is 0.119 e. The van der Waals surface area contributed by atoms with Crippen molar-refractivity contribution < 1.29 is 9.84 Å². The number of nitrogens with two attached hydrogens (primary N) is 1. The van der Waals surface area contributed by atoms with Crippen LogP contribution in [-0.4, -0.2) is 42.4 Å². The van der Waals surface area contributed by atoms with Gasteiger partial charge in [0.1, 0.15) is 18.5 Å². The van der Waals surface area contributed by atoms with E-state index < -0.39 is 6.10 Å². The Kier molecular flexibility index (Phi) is 5.62. The van der Waals surface area contributed by atoms with E-state index in [0.29, 0.717) is 25.1 Å². The second kappa shape index (κ2) is 7.25. The standard InChI is InChI=1S/C17H28N2O2/c1-17(2)7-4-8-19(13-17)11-15(20)12-21-16-6-3-5-14(9-16)10-18/h3,5-6,9,15,20H,4,7-8,10-13,18H2,1-2H3. The lowest BCUT2D eigenvalue weighted by Crippen LogP contribution is -2.44. The summed E-state index contributed by atoms with van der Waals surface area (Å²) >= 11 is 0. The average molecular weight is 292 g/mol. The van der Waals surface area contributed by atoms with Gasteiger partial charge >= 0.3 is 0 Å². The van der Waals surface area contributed by atoms with Gasteiger partial charge in [0.15, 0.2) is 0 Å². The number of aliphatic hydroxyl groups is 1. The van der Waals surface area contributed by atoms with Crippen molar-refractivity contribution in [2.24, 2.45) is 11.1 Å². The molecular formula is C17H28N2O2. The Balaban J connectivity index is 1.77. The molecule has 1 aliphatic heterocycles. The van der Waals surface area contributed by atoms with E-state index in [1.54, 1.807) is 0 Å². The van der Waals surface area contributed by atoms with Crippen molar-refractivity contribution >= 4 is 0 Å². The second-order valence-electron chi connectivity index (χ2n) is 6.82. The first kappa shape index (κ1) is 16.3. The maximum Gasteiger partial charge on any atom is 0.119 e. The summed E-state index contributed by atoms with van der Waals surface area (Å²) in [6.45, 7) is 8.21. The van der Waals surface area contributed by atoms with Crippen molar-refractivity contribution in [2.45, 2.75) is 39.3 Å². The number of rotatable bonds is 6. The quantitative estimate of drug-likeness (QED) is 0.842. The second-order valence-corrected chi connectivity index (χ2v) is 6.82. The van der Waals surface area contributed by atoms with Crippen LogP contribution < -0.4 is 10.5 Å². The van der Waals surface area contributed by atoms with E-state index in [0.717, 1.165) is 24.4 Å². The number of ether oxygens (including phenoxy) is 1. The van der Waals surface area contributed by atoms with Gasteiger partial charge in [0.05, 0.1) is 0 Å². The van der Waals surface area contributed by atoms with E-state index in [1.807, 2.05) is 24.3 Å². The van der Waals surface area contributed by atoms with Gasteiger partial charge in [0, 0.05) is 19.6 Å². The fourth-order valence-corrected chi connectivity index (χ4v) is 3.01. The van der Waals surface area contributed by atoms with E-state index in [4.69, 9.17) is 10.5 Å². The molecule has 1 unspecified atom stereocenters. The molecule has 1 aliphatic rings. The molecule has 1 heterocycles. The van der Waals surface area contributed by atoms with Gasteiger partial charge in [-0.3, -0.25) is 0 Å². The lowest BCUT2D eigenvalue weighted by molar-refractivity contribution is 0.0366. The zero-order valence-corrected chi connectivity index (χ0v) is 13.2. The Morgan fingerprint density at radius 2 is 2.24 bits per heavy atom. The first-order chi connectivity index (χ1) is 9.98. The fourth-order valence-electron chi connectivity index (χ4n) is 3.01. The molecule has 118 valence electrons. The zero-order chi connectivity index (χ0) is 15.3. The molecule has 21 heavy (non-hydrogen) atoms. The first-order valence-electron chi connectivity index (χ1n) is 7.81. The van der Waals surface area contributed by atoms with E-state index in [9.17, 15) is 5.11 Å². The molecule has 1 atom stereocenters. The summed E-state index contributed by atoms with van der Waals surface area (Å²) < 4.78 is 5.67. The van der Waals surface area contributed by atoms with Crippen LogP contribution in [-0.2, 0) is 6.54 Å². The van der Waals surface area contributed by atoms with Crippen molar-refractivity contribution in [1.82, 2.24) is 4.90 Å². The summed E-state index contributed by atoms with van der Waals surface area (Å²) in [5, 5.41) is 10.2. The molecule has 1 aromatic carbocycles. The number of hydrogen-bond acceptors (Lipinski definition) is 4. The number of aliphatic hydroxyl groups excluding tert-OH is 1. The lowest BCUT2D eigenvalue weighted by Gasteiger charge is -2.38. The maximum absolute atomic E-state index is 10.2. The number of hydrogen-bond donors (Lipinski definition) is 2. The number of benzene rings is 1. The summed E-state index contributed by atoms with van der Waals surface area (Å²) in [5.41, 5.74) is 7.01. The topological polar surface area (TPSA) is 58.7 Å². The summed E-state index contributed by atoms with van der Waals surface area (Å²) in [5.74, 6) is 0.774. The summed E-state index contributed by atoms with van der Waals surface area (Å²) in [6, 6.07) is 7.72. The van der Waals surface area contributed by atoms with Gasteiger partial charge in [-0.1, -0.05) is 26.0 Å². The van der Waals surface area contributed by atoms with Crippen molar-refractivity contribution in [3.63, 3.8) is 0 Å². The van der Waals surface area contributed by atoms with E-state index in [1.165, 1.54) is 12.8 Å². The Morgan fingerprint density at radius 3 is 2.95 bits per heavy atom. The van der Waals surface area contributed by atoms with Crippen LogP contribution in [0.4, 0.5) is 0 Å². The summed E-state index contributed by atoms with van der Waals surface area (Å²) in [4.78, 5) is 2.34. The van der Waals surface area contributed by atoms with Crippen LogP contribution >= 0.6 is 0 Å². The average Bonchev–Trinajstić information content (AvgIpc) is 2.44. The minimum absolute atomic E-state index is 0.324. The van der Waals surface area contributed by atoms with Gasteiger partial charge in [-0.25, -0.2) is 0 Å². The van der Waals surface area contributed by atoms with Gasteiger partial charge in [-0.05, 0) is 42.5 Å². The van der Waals surface area contributed by atoms with Gasteiger partial charge in [-0.2, -0.15) is 0 Å². The maximum atomic E-state index is 10.2. The minimum atomic E-state index is -0.458. The third-order valence-electron chi connectivity index (χ3n) is 4.03. The predicted molar refractivity (Wildman–Crippen MR) is 85.3 cm³/mol. The van der Waals surface area contributed by atoms with Crippen LogP contribution in [0.5, 0.6) is 5.75 Å². The number of nitrogens with zero attached hydrogens (tertiary/aromatic N) is 1. The van der Waals surface area contributed by atoms with Gasteiger partial charge in [0.2, 0.25) is 0 Å². The molecule has 0 spiro atoms. The van der Waals surface area contributed by atoms with Crippen LogP contribution in [0.15, 0.2) is 24.3 Å². The molecule has 2 rings (SSSR count). The fraction of sp³-hybridized carbons (Fsp3) is 0.647. The number of piperidine rings is 1. The van der Waals surface area contributed by atoms with Crippen LogP contribution in [0.1, 0.15) is 32.3 Å².